The predicted octanol–water partition coefficient (Wildman–Crippen LogP) is 4.06. The van der Waals surface area contributed by atoms with E-state index in [0.717, 1.165) is 22.7 Å². The highest BCUT2D eigenvalue weighted by atomic mass is 32.2. The Morgan fingerprint density at radius 3 is 2.34 bits per heavy atom. The summed E-state index contributed by atoms with van der Waals surface area (Å²) < 4.78 is 44.7. The number of ether oxygens (including phenoxy) is 3. The number of nitrogens with zero attached hydrogens (tertiary/aromatic N) is 1. The van der Waals surface area contributed by atoms with Gasteiger partial charge in [0.2, 0.25) is 5.91 Å². The van der Waals surface area contributed by atoms with Crippen LogP contribution in [0.5, 0.6) is 11.5 Å². The second-order valence-corrected chi connectivity index (χ2v) is 10.6. The van der Waals surface area contributed by atoms with Crippen molar-refractivity contribution in [2.45, 2.75) is 56.4 Å². The SMILES string of the molecule is COc1ccc(S(=O)(=O)N(CC(=O)NCCCOC2CCCCC2)c2ccc(C)cc2)cc1OC. The number of nitrogens with one attached hydrogen (secondary N) is 1. The summed E-state index contributed by atoms with van der Waals surface area (Å²) in [4.78, 5) is 12.8. The van der Waals surface area contributed by atoms with Crippen molar-refractivity contribution in [2.24, 2.45) is 0 Å². The molecule has 0 aliphatic heterocycles. The standard InChI is InChI=1S/C26H36N2O6S/c1-20-10-12-21(13-11-20)28(35(30,31)23-14-15-24(32-2)25(18-23)33-3)19-26(29)27-16-7-17-34-22-8-5-4-6-9-22/h10-15,18,22H,4-9,16-17,19H2,1-3H3,(H,27,29). The van der Waals surface area contributed by atoms with E-state index in [1.165, 1.54) is 51.7 Å². The van der Waals surface area contributed by atoms with E-state index in [0.29, 0.717) is 42.9 Å². The number of carbonyl (C=O) groups excluding carboxylic acids is 1. The number of hydrogen-bond acceptors (Lipinski definition) is 6. The van der Waals surface area contributed by atoms with E-state index in [1.54, 1.807) is 12.1 Å². The van der Waals surface area contributed by atoms with Crippen molar-refractivity contribution in [3.05, 3.63) is 48.0 Å². The molecule has 9 heteroatoms. The maximum atomic E-state index is 13.6. The average molecular weight is 505 g/mol. The second kappa shape index (κ2) is 12.8. The van der Waals surface area contributed by atoms with Gasteiger partial charge in [-0.15, -0.1) is 0 Å². The van der Waals surface area contributed by atoms with Crippen LogP contribution in [0.1, 0.15) is 44.1 Å². The number of anilines is 1. The summed E-state index contributed by atoms with van der Waals surface area (Å²) in [5.74, 6) is 0.327. The highest BCUT2D eigenvalue weighted by Gasteiger charge is 2.28. The van der Waals surface area contributed by atoms with E-state index in [4.69, 9.17) is 14.2 Å². The largest absolute Gasteiger partial charge is 0.493 e. The normalized spacial score (nSPS) is 14.4. The molecule has 1 N–H and O–H groups in total. The Balaban J connectivity index is 1.69. The zero-order chi connectivity index (χ0) is 25.3. The molecule has 0 bridgehead atoms. The van der Waals surface area contributed by atoms with Crippen molar-refractivity contribution in [1.82, 2.24) is 5.32 Å². The van der Waals surface area contributed by atoms with Crippen LogP contribution in [0.15, 0.2) is 47.4 Å². The molecule has 35 heavy (non-hydrogen) atoms. The number of hydrogen-bond donors (Lipinski definition) is 1. The van der Waals surface area contributed by atoms with Crippen LogP contribution < -0.4 is 19.1 Å². The van der Waals surface area contributed by atoms with E-state index in [9.17, 15) is 13.2 Å². The first kappa shape index (κ1) is 26.8. The molecule has 3 rings (SSSR count). The summed E-state index contributed by atoms with van der Waals surface area (Å²) in [5, 5.41) is 2.83. The molecular weight excluding hydrogens is 468 g/mol. The molecule has 0 saturated heterocycles. The summed E-state index contributed by atoms with van der Waals surface area (Å²) >= 11 is 0. The van der Waals surface area contributed by atoms with Gasteiger partial charge in [0.1, 0.15) is 6.54 Å². The lowest BCUT2D eigenvalue weighted by molar-refractivity contribution is -0.119. The van der Waals surface area contributed by atoms with Gasteiger partial charge in [-0.3, -0.25) is 9.10 Å². The van der Waals surface area contributed by atoms with Crippen LogP contribution in [0, 0.1) is 6.92 Å². The van der Waals surface area contributed by atoms with Gasteiger partial charge in [-0.2, -0.15) is 0 Å². The van der Waals surface area contributed by atoms with Crippen LogP contribution in [0.4, 0.5) is 5.69 Å². The van der Waals surface area contributed by atoms with Gasteiger partial charge in [-0.25, -0.2) is 8.42 Å². The molecule has 1 aliphatic rings. The van der Waals surface area contributed by atoms with Gasteiger partial charge >= 0.3 is 0 Å². The lowest BCUT2D eigenvalue weighted by atomic mass is 9.98. The minimum absolute atomic E-state index is 0.00408. The Labute approximate surface area is 208 Å². The minimum Gasteiger partial charge on any atom is -0.493 e. The monoisotopic (exact) mass is 504 g/mol. The van der Waals surface area contributed by atoms with Crippen LogP contribution in [0.2, 0.25) is 0 Å². The fourth-order valence-corrected chi connectivity index (χ4v) is 5.54. The third-order valence-electron chi connectivity index (χ3n) is 6.10. The van der Waals surface area contributed by atoms with Gasteiger partial charge in [0.15, 0.2) is 11.5 Å². The van der Waals surface area contributed by atoms with Gasteiger partial charge in [0.25, 0.3) is 10.0 Å². The van der Waals surface area contributed by atoms with E-state index >= 15 is 0 Å². The number of aryl methyl sites for hydroxylation is 1. The van der Waals surface area contributed by atoms with Crippen molar-refractivity contribution >= 4 is 21.6 Å². The van der Waals surface area contributed by atoms with E-state index in [-0.39, 0.29) is 17.3 Å². The minimum atomic E-state index is -4.06. The molecule has 192 valence electrons. The molecule has 1 aliphatic carbocycles. The number of methoxy groups -OCH3 is 2. The molecule has 2 aromatic rings. The molecule has 0 heterocycles. The Morgan fingerprint density at radius 2 is 1.69 bits per heavy atom. The Kier molecular flexibility index (Phi) is 9.80. The molecule has 0 radical (unpaired) electrons. The van der Waals surface area contributed by atoms with E-state index < -0.39 is 10.0 Å². The van der Waals surface area contributed by atoms with Crippen LogP contribution >= 0.6 is 0 Å². The third-order valence-corrected chi connectivity index (χ3v) is 7.87. The number of rotatable bonds is 12. The molecule has 0 spiro atoms. The zero-order valence-corrected chi connectivity index (χ0v) is 21.6. The molecule has 1 saturated carbocycles. The molecule has 0 unspecified atom stereocenters. The van der Waals surface area contributed by atoms with Crippen molar-refractivity contribution in [3.8, 4) is 11.5 Å². The first-order chi connectivity index (χ1) is 16.8. The fourth-order valence-electron chi connectivity index (χ4n) is 4.10. The summed E-state index contributed by atoms with van der Waals surface area (Å²) in [5.41, 5.74) is 1.39. The first-order valence-electron chi connectivity index (χ1n) is 12.0. The number of benzene rings is 2. The third kappa shape index (κ3) is 7.35. The fraction of sp³-hybridized carbons (Fsp3) is 0.500. The molecule has 0 atom stereocenters. The van der Waals surface area contributed by atoms with Crippen molar-refractivity contribution in [1.29, 1.82) is 0 Å². The van der Waals surface area contributed by atoms with Crippen LogP contribution in [0.3, 0.4) is 0 Å². The van der Waals surface area contributed by atoms with Crippen LogP contribution in [-0.4, -0.2) is 54.3 Å². The van der Waals surface area contributed by atoms with Gasteiger partial charge in [0, 0.05) is 19.2 Å². The van der Waals surface area contributed by atoms with Crippen LogP contribution in [0.25, 0.3) is 0 Å². The molecule has 1 amide bonds. The Bertz CT molecular complexity index is 1070. The first-order valence-corrected chi connectivity index (χ1v) is 13.5. The van der Waals surface area contributed by atoms with Gasteiger partial charge in [-0.1, -0.05) is 37.0 Å². The lowest BCUT2D eigenvalue weighted by Crippen LogP contribution is -2.41. The second-order valence-electron chi connectivity index (χ2n) is 8.70. The molecule has 0 aromatic heterocycles. The lowest BCUT2D eigenvalue weighted by Gasteiger charge is -2.25. The van der Waals surface area contributed by atoms with Crippen LogP contribution in [-0.2, 0) is 19.6 Å². The van der Waals surface area contributed by atoms with Crippen molar-refractivity contribution in [2.75, 3.05) is 38.2 Å². The zero-order valence-electron chi connectivity index (χ0n) is 20.8. The Hall–Kier alpha value is -2.78. The number of sulfonamides is 1. The van der Waals surface area contributed by atoms with E-state index in [1.807, 2.05) is 19.1 Å². The Morgan fingerprint density at radius 1 is 1.00 bits per heavy atom. The summed E-state index contributed by atoms with van der Waals surface area (Å²) in [7, 11) is -1.13. The highest BCUT2D eigenvalue weighted by Crippen LogP contribution is 2.32. The summed E-state index contributed by atoms with van der Waals surface area (Å²) in [6.07, 6.45) is 6.91. The predicted molar refractivity (Wildman–Crippen MR) is 136 cm³/mol. The quantitative estimate of drug-likeness (QED) is 0.438. The van der Waals surface area contributed by atoms with E-state index in [2.05, 4.69) is 5.32 Å². The smallest absolute Gasteiger partial charge is 0.264 e. The summed E-state index contributed by atoms with van der Waals surface area (Å²) in [6.45, 7) is 2.57. The van der Waals surface area contributed by atoms with Crippen molar-refractivity contribution in [3.63, 3.8) is 0 Å². The topological polar surface area (TPSA) is 94.2 Å². The number of carbonyl (C=O) groups is 1. The summed E-state index contributed by atoms with van der Waals surface area (Å²) in [6, 6.07) is 11.4. The molecule has 1 fully saturated rings. The maximum absolute atomic E-state index is 13.6. The molecule has 2 aromatic carbocycles. The number of amides is 1. The van der Waals surface area contributed by atoms with Gasteiger partial charge < -0.3 is 19.5 Å². The molecular formula is C26H36N2O6S. The average Bonchev–Trinajstić information content (AvgIpc) is 2.87. The highest BCUT2D eigenvalue weighted by molar-refractivity contribution is 7.92. The molecule has 8 nitrogen and oxygen atoms in total. The van der Waals surface area contributed by atoms with Gasteiger partial charge in [0.05, 0.1) is 30.9 Å². The van der Waals surface area contributed by atoms with Gasteiger partial charge in [-0.05, 0) is 50.5 Å². The maximum Gasteiger partial charge on any atom is 0.264 e. The van der Waals surface area contributed by atoms with Crippen molar-refractivity contribution < 1.29 is 27.4 Å².